The molecular weight excluding hydrogens is 568 g/mol. The Morgan fingerprint density at radius 3 is 2.82 bits per heavy atom. The van der Waals surface area contributed by atoms with Gasteiger partial charge in [0.25, 0.3) is 10.0 Å². The minimum Gasteiger partial charge on any atom is -0.494 e. The number of hydrogen-bond donors (Lipinski definition) is 0. The van der Waals surface area contributed by atoms with Crippen LogP contribution in [-0.2, 0) is 19.6 Å². The summed E-state index contributed by atoms with van der Waals surface area (Å²) in [6.07, 6.45) is 2.02. The topological polar surface area (TPSA) is 92.3 Å². The molecule has 2 fully saturated rings. The van der Waals surface area contributed by atoms with Gasteiger partial charge in [-0.05, 0) is 42.8 Å². The summed E-state index contributed by atoms with van der Waals surface area (Å²) in [5.74, 6) is 0.0388. The van der Waals surface area contributed by atoms with Crippen molar-refractivity contribution in [2.24, 2.45) is 5.92 Å². The highest BCUT2D eigenvalue weighted by molar-refractivity contribution is 7.91. The number of carbonyl (C=O) groups excluding carboxylic acids is 1. The Balaban J connectivity index is 1.40. The number of methoxy groups -OCH3 is 1. The summed E-state index contributed by atoms with van der Waals surface area (Å²) in [5.41, 5.74) is 0.622. The fourth-order valence-electron chi connectivity index (χ4n) is 4.92. The van der Waals surface area contributed by atoms with Crippen LogP contribution in [0.4, 0.5) is 5.13 Å². The number of anilines is 1. The van der Waals surface area contributed by atoms with E-state index in [0.29, 0.717) is 51.6 Å². The summed E-state index contributed by atoms with van der Waals surface area (Å²) >= 11 is 9.04. The molecule has 1 atom stereocenters. The summed E-state index contributed by atoms with van der Waals surface area (Å²) < 4.78 is 39.8. The number of fused-ring (bicyclic) bond motifs is 1. The third kappa shape index (κ3) is 5.86. The maximum atomic E-state index is 14.0. The number of aromatic nitrogens is 1. The van der Waals surface area contributed by atoms with E-state index in [-0.39, 0.29) is 12.5 Å². The number of sulfonamides is 1. The zero-order valence-corrected chi connectivity index (χ0v) is 24.4. The molecule has 1 amide bonds. The number of thiazole rings is 1. The third-order valence-electron chi connectivity index (χ3n) is 6.95. The van der Waals surface area contributed by atoms with Gasteiger partial charge in [0.1, 0.15) is 15.5 Å². The fraction of sp³-hybridized carbons (Fsp3) is 0.520. The summed E-state index contributed by atoms with van der Waals surface area (Å²) in [7, 11) is -2.05. The van der Waals surface area contributed by atoms with Crippen LogP contribution >= 0.6 is 34.3 Å². The Labute approximate surface area is 236 Å². The van der Waals surface area contributed by atoms with Crippen LogP contribution in [0.3, 0.4) is 0 Å². The lowest BCUT2D eigenvalue weighted by atomic mass is 9.98. The van der Waals surface area contributed by atoms with Crippen molar-refractivity contribution in [1.29, 1.82) is 0 Å². The molecule has 4 heterocycles. The molecule has 0 N–H and O–H groups in total. The van der Waals surface area contributed by atoms with Crippen molar-refractivity contribution < 1.29 is 22.7 Å². The van der Waals surface area contributed by atoms with Crippen LogP contribution in [0.25, 0.3) is 10.2 Å². The lowest BCUT2D eigenvalue weighted by molar-refractivity contribution is -0.123. The van der Waals surface area contributed by atoms with Crippen LogP contribution in [0, 0.1) is 5.92 Å². The smallest absolute Gasteiger partial charge is 0.252 e. The van der Waals surface area contributed by atoms with Crippen LogP contribution in [0.5, 0.6) is 5.75 Å². The Kier molecular flexibility index (Phi) is 8.88. The molecule has 0 saturated carbocycles. The molecule has 0 spiro atoms. The number of halogens is 1. The summed E-state index contributed by atoms with van der Waals surface area (Å²) in [6.45, 7) is 5.07. The number of carbonyl (C=O) groups is 1. The highest BCUT2D eigenvalue weighted by atomic mass is 35.5. The van der Waals surface area contributed by atoms with Crippen LogP contribution in [0.1, 0.15) is 19.3 Å². The maximum Gasteiger partial charge on any atom is 0.252 e. The fourth-order valence-corrected chi connectivity index (χ4v) is 8.87. The molecule has 2 saturated heterocycles. The molecule has 206 valence electrons. The number of rotatable bonds is 9. The van der Waals surface area contributed by atoms with Crippen molar-refractivity contribution in [2.75, 3.05) is 64.5 Å². The van der Waals surface area contributed by atoms with E-state index in [2.05, 4.69) is 4.90 Å². The third-order valence-corrected chi connectivity index (χ3v) is 11.7. The number of amides is 1. The first kappa shape index (κ1) is 27.8. The minimum absolute atomic E-state index is 0.104. The molecule has 13 heteroatoms. The number of morpholine rings is 1. The molecule has 2 aliphatic heterocycles. The molecule has 38 heavy (non-hydrogen) atoms. The molecule has 5 rings (SSSR count). The highest BCUT2D eigenvalue weighted by Crippen LogP contribution is 2.39. The molecule has 0 aliphatic carbocycles. The van der Waals surface area contributed by atoms with Crippen molar-refractivity contribution in [2.45, 2.75) is 23.5 Å². The highest BCUT2D eigenvalue weighted by Gasteiger charge is 2.36. The monoisotopic (exact) mass is 598 g/mol. The molecule has 2 aromatic heterocycles. The van der Waals surface area contributed by atoms with Gasteiger partial charge in [0.15, 0.2) is 5.13 Å². The van der Waals surface area contributed by atoms with E-state index in [1.807, 2.05) is 0 Å². The molecule has 0 bridgehead atoms. The van der Waals surface area contributed by atoms with E-state index in [0.717, 1.165) is 44.0 Å². The van der Waals surface area contributed by atoms with Gasteiger partial charge in [-0.1, -0.05) is 29.0 Å². The number of piperidine rings is 1. The van der Waals surface area contributed by atoms with Gasteiger partial charge in [-0.15, -0.1) is 11.3 Å². The number of hydrogen-bond acceptors (Lipinski definition) is 9. The molecular formula is C25H31ClN4O5S3. The van der Waals surface area contributed by atoms with Crippen molar-refractivity contribution in [3.8, 4) is 5.75 Å². The van der Waals surface area contributed by atoms with Gasteiger partial charge in [0.2, 0.25) is 5.91 Å². The largest absolute Gasteiger partial charge is 0.494 e. The van der Waals surface area contributed by atoms with E-state index in [4.69, 9.17) is 26.1 Å². The van der Waals surface area contributed by atoms with Gasteiger partial charge < -0.3 is 9.47 Å². The summed E-state index contributed by atoms with van der Waals surface area (Å²) in [5, 5.41) is 2.86. The predicted octanol–water partition coefficient (Wildman–Crippen LogP) is 4.18. The van der Waals surface area contributed by atoms with Gasteiger partial charge in [0, 0.05) is 39.3 Å². The van der Waals surface area contributed by atoms with Gasteiger partial charge in [-0.2, -0.15) is 4.31 Å². The second-order valence-corrected chi connectivity index (χ2v) is 13.9. The first-order valence-electron chi connectivity index (χ1n) is 12.7. The zero-order valence-electron chi connectivity index (χ0n) is 21.2. The molecule has 0 radical (unpaired) electrons. The van der Waals surface area contributed by atoms with Crippen molar-refractivity contribution in [3.63, 3.8) is 0 Å². The van der Waals surface area contributed by atoms with E-state index in [1.54, 1.807) is 41.7 Å². The predicted molar refractivity (Wildman–Crippen MR) is 151 cm³/mol. The van der Waals surface area contributed by atoms with E-state index < -0.39 is 15.9 Å². The summed E-state index contributed by atoms with van der Waals surface area (Å²) in [6, 6.07) is 6.88. The molecule has 2 aliphatic rings. The number of benzene rings is 1. The number of thiophene rings is 1. The SMILES string of the molecule is COc1ccc(Cl)c2sc(N(CCCN3CCOCC3)C(=O)C3CCCN(S(=O)(=O)c4cccs4)C3)nc12. The standard InChI is InChI=1S/C25H31ClN4O5S3/c1-34-20-8-7-19(26)23-22(20)27-25(37-23)30(11-4-9-28-12-14-35-15-13-28)24(31)18-5-2-10-29(17-18)38(32,33)21-6-3-16-36-21/h3,6-8,16,18H,2,4-5,9-15,17H2,1H3. The number of nitrogens with zero attached hydrogens (tertiary/aromatic N) is 4. The van der Waals surface area contributed by atoms with E-state index in [1.165, 1.54) is 27.0 Å². The van der Waals surface area contributed by atoms with Crippen LogP contribution in [-0.4, -0.2) is 88.1 Å². The van der Waals surface area contributed by atoms with E-state index >= 15 is 0 Å². The van der Waals surface area contributed by atoms with Crippen molar-refractivity contribution >= 4 is 65.6 Å². The first-order chi connectivity index (χ1) is 18.4. The second kappa shape index (κ2) is 12.2. The Bertz CT molecular complexity index is 1360. The van der Waals surface area contributed by atoms with Crippen LogP contribution < -0.4 is 9.64 Å². The van der Waals surface area contributed by atoms with Crippen LogP contribution in [0.15, 0.2) is 33.9 Å². The van der Waals surface area contributed by atoms with Crippen molar-refractivity contribution in [3.05, 3.63) is 34.7 Å². The zero-order chi connectivity index (χ0) is 26.7. The Hall–Kier alpha value is -1.80. The lowest BCUT2D eigenvalue weighted by Gasteiger charge is -2.34. The lowest BCUT2D eigenvalue weighted by Crippen LogP contribution is -2.47. The van der Waals surface area contributed by atoms with Gasteiger partial charge in [0.05, 0.1) is 36.0 Å². The molecule has 1 unspecified atom stereocenters. The number of ether oxygens (including phenoxy) is 2. The molecule has 9 nitrogen and oxygen atoms in total. The normalized spacial score (nSPS) is 19.6. The maximum absolute atomic E-state index is 14.0. The molecule has 3 aromatic rings. The average Bonchev–Trinajstić information content (AvgIpc) is 3.64. The average molecular weight is 599 g/mol. The van der Waals surface area contributed by atoms with Crippen LogP contribution in [0.2, 0.25) is 5.02 Å². The van der Waals surface area contributed by atoms with Gasteiger partial charge in [-0.25, -0.2) is 13.4 Å². The Morgan fingerprint density at radius 2 is 2.08 bits per heavy atom. The Morgan fingerprint density at radius 1 is 1.26 bits per heavy atom. The molecule has 1 aromatic carbocycles. The first-order valence-corrected chi connectivity index (χ1v) is 16.2. The van der Waals surface area contributed by atoms with Crippen molar-refractivity contribution in [1.82, 2.24) is 14.2 Å². The van der Waals surface area contributed by atoms with Gasteiger partial charge >= 0.3 is 0 Å². The minimum atomic E-state index is -3.63. The second-order valence-electron chi connectivity index (χ2n) is 9.36. The van der Waals surface area contributed by atoms with Gasteiger partial charge in [-0.3, -0.25) is 14.6 Å². The van der Waals surface area contributed by atoms with E-state index in [9.17, 15) is 13.2 Å². The summed E-state index contributed by atoms with van der Waals surface area (Å²) in [4.78, 5) is 22.9. The quantitative estimate of drug-likeness (QED) is 0.365.